The highest BCUT2D eigenvalue weighted by atomic mass is 35.5. The van der Waals surface area contributed by atoms with Crippen molar-refractivity contribution in [1.29, 1.82) is 0 Å². The van der Waals surface area contributed by atoms with Gasteiger partial charge in [-0.3, -0.25) is 0 Å². The Kier molecular flexibility index (Phi) is 7.62. The Morgan fingerprint density at radius 2 is 2.00 bits per heavy atom. The van der Waals surface area contributed by atoms with Gasteiger partial charge in [-0.15, -0.1) is 12.4 Å². The quantitative estimate of drug-likeness (QED) is 0.853. The van der Waals surface area contributed by atoms with Crippen molar-refractivity contribution in [2.24, 2.45) is 5.73 Å². The van der Waals surface area contributed by atoms with Gasteiger partial charge in [-0.1, -0.05) is 30.3 Å². The second-order valence-corrected chi connectivity index (χ2v) is 7.20. The third-order valence-corrected chi connectivity index (χ3v) is 5.73. The lowest BCUT2D eigenvalue weighted by molar-refractivity contribution is 0.0974. The molecule has 0 spiro atoms. The molecular formula is C14H23ClN2O3S. The molecule has 1 saturated heterocycles. The van der Waals surface area contributed by atoms with Gasteiger partial charge in [0.25, 0.3) is 0 Å². The van der Waals surface area contributed by atoms with Gasteiger partial charge < -0.3 is 10.5 Å². The number of halogens is 1. The van der Waals surface area contributed by atoms with E-state index in [1.165, 1.54) is 4.31 Å². The summed E-state index contributed by atoms with van der Waals surface area (Å²) in [5.74, 6) is 0. The predicted molar refractivity (Wildman–Crippen MR) is 85.9 cm³/mol. The summed E-state index contributed by atoms with van der Waals surface area (Å²) < 4.78 is 32.1. The van der Waals surface area contributed by atoms with Crippen molar-refractivity contribution in [3.8, 4) is 0 Å². The second-order valence-electron chi connectivity index (χ2n) is 4.99. The molecule has 0 aliphatic carbocycles. The molecule has 1 unspecified atom stereocenters. The lowest BCUT2D eigenvalue weighted by Crippen LogP contribution is -2.44. The fourth-order valence-electron chi connectivity index (χ4n) is 2.38. The SMILES string of the molecule is Cl.NCCN(Cc1ccccc1)S(=O)(=O)C1CCCOC1. The lowest BCUT2D eigenvalue weighted by Gasteiger charge is -2.29. The zero-order valence-corrected chi connectivity index (χ0v) is 13.6. The van der Waals surface area contributed by atoms with Crippen LogP contribution in [0.3, 0.4) is 0 Å². The second kappa shape index (κ2) is 8.70. The van der Waals surface area contributed by atoms with Crippen LogP contribution in [0, 0.1) is 0 Å². The molecule has 0 amide bonds. The number of rotatable bonds is 6. The summed E-state index contributed by atoms with van der Waals surface area (Å²) in [6.07, 6.45) is 1.46. The van der Waals surface area contributed by atoms with Crippen LogP contribution >= 0.6 is 12.4 Å². The normalized spacial score (nSPS) is 19.2. The average molecular weight is 335 g/mol. The summed E-state index contributed by atoms with van der Waals surface area (Å²) in [6.45, 7) is 1.98. The van der Waals surface area contributed by atoms with Crippen LogP contribution < -0.4 is 5.73 Å². The van der Waals surface area contributed by atoms with Gasteiger partial charge in [0, 0.05) is 26.2 Å². The van der Waals surface area contributed by atoms with Gasteiger partial charge in [0.05, 0.1) is 11.9 Å². The summed E-state index contributed by atoms with van der Waals surface area (Å²) in [4.78, 5) is 0. The minimum atomic E-state index is -3.36. The summed E-state index contributed by atoms with van der Waals surface area (Å²) in [5.41, 5.74) is 6.55. The first-order chi connectivity index (χ1) is 9.64. The third kappa shape index (κ3) is 4.93. The summed E-state index contributed by atoms with van der Waals surface area (Å²) in [6, 6.07) is 9.59. The first kappa shape index (κ1) is 18.4. The van der Waals surface area contributed by atoms with E-state index < -0.39 is 15.3 Å². The summed E-state index contributed by atoms with van der Waals surface area (Å²) in [5, 5.41) is -0.438. The highest BCUT2D eigenvalue weighted by molar-refractivity contribution is 7.89. The lowest BCUT2D eigenvalue weighted by atomic mass is 10.2. The first-order valence-electron chi connectivity index (χ1n) is 6.95. The maximum absolute atomic E-state index is 12.7. The van der Waals surface area contributed by atoms with E-state index in [1.807, 2.05) is 30.3 Å². The zero-order chi connectivity index (χ0) is 14.4. The van der Waals surface area contributed by atoms with Crippen LogP contribution in [0.2, 0.25) is 0 Å². The van der Waals surface area contributed by atoms with E-state index in [-0.39, 0.29) is 19.0 Å². The van der Waals surface area contributed by atoms with E-state index in [9.17, 15) is 8.42 Å². The molecular weight excluding hydrogens is 312 g/mol. The van der Waals surface area contributed by atoms with E-state index in [0.29, 0.717) is 32.7 Å². The van der Waals surface area contributed by atoms with Gasteiger partial charge in [-0.05, 0) is 18.4 Å². The van der Waals surface area contributed by atoms with Crippen LogP contribution in [0.4, 0.5) is 0 Å². The van der Waals surface area contributed by atoms with Crippen LogP contribution in [0.15, 0.2) is 30.3 Å². The molecule has 1 atom stereocenters. The monoisotopic (exact) mass is 334 g/mol. The molecule has 1 heterocycles. The number of nitrogens with two attached hydrogens (primary N) is 1. The molecule has 0 aromatic heterocycles. The molecule has 120 valence electrons. The van der Waals surface area contributed by atoms with Crippen molar-refractivity contribution in [3.63, 3.8) is 0 Å². The van der Waals surface area contributed by atoms with Gasteiger partial charge >= 0.3 is 0 Å². The molecule has 0 saturated carbocycles. The fourth-order valence-corrected chi connectivity index (χ4v) is 4.23. The molecule has 0 bridgehead atoms. The Hall–Kier alpha value is -0.660. The summed E-state index contributed by atoms with van der Waals surface area (Å²) in [7, 11) is -3.36. The third-order valence-electron chi connectivity index (χ3n) is 3.48. The Labute approximate surface area is 132 Å². The molecule has 1 aromatic carbocycles. The van der Waals surface area contributed by atoms with E-state index in [0.717, 1.165) is 12.0 Å². The standard InChI is InChI=1S/C14H22N2O3S.ClH/c15-8-9-16(11-13-5-2-1-3-6-13)20(17,18)14-7-4-10-19-12-14;/h1-3,5-6,14H,4,7-12,15H2;1H. The van der Waals surface area contributed by atoms with Crippen molar-refractivity contribution in [1.82, 2.24) is 4.31 Å². The van der Waals surface area contributed by atoms with E-state index in [2.05, 4.69) is 0 Å². The van der Waals surface area contributed by atoms with Crippen LogP contribution in [-0.2, 0) is 21.3 Å². The molecule has 1 aromatic rings. The Bertz CT molecular complexity index is 504. The number of ether oxygens (including phenoxy) is 1. The van der Waals surface area contributed by atoms with Gasteiger partial charge in [0.2, 0.25) is 10.0 Å². The van der Waals surface area contributed by atoms with Crippen LogP contribution in [0.25, 0.3) is 0 Å². The van der Waals surface area contributed by atoms with E-state index >= 15 is 0 Å². The Morgan fingerprint density at radius 1 is 1.29 bits per heavy atom. The molecule has 0 radical (unpaired) electrons. The number of sulfonamides is 1. The number of nitrogens with zero attached hydrogens (tertiary/aromatic N) is 1. The molecule has 2 N–H and O–H groups in total. The average Bonchev–Trinajstić information content (AvgIpc) is 2.49. The van der Waals surface area contributed by atoms with Gasteiger partial charge in [0.1, 0.15) is 0 Å². The molecule has 1 aliphatic heterocycles. The number of hydrogen-bond donors (Lipinski definition) is 1. The van der Waals surface area contributed by atoms with Crippen molar-refractivity contribution in [2.45, 2.75) is 24.6 Å². The summed E-state index contributed by atoms with van der Waals surface area (Å²) >= 11 is 0. The fraction of sp³-hybridized carbons (Fsp3) is 0.571. The van der Waals surface area contributed by atoms with Crippen LogP contribution in [0.5, 0.6) is 0 Å². The Morgan fingerprint density at radius 3 is 2.57 bits per heavy atom. The highest BCUT2D eigenvalue weighted by Crippen LogP contribution is 2.20. The predicted octanol–water partition coefficient (Wildman–Crippen LogP) is 1.38. The molecule has 1 aliphatic rings. The first-order valence-corrected chi connectivity index (χ1v) is 8.45. The van der Waals surface area contributed by atoms with Crippen molar-refractivity contribution < 1.29 is 13.2 Å². The molecule has 2 rings (SSSR count). The van der Waals surface area contributed by atoms with Crippen LogP contribution in [-0.4, -0.2) is 44.3 Å². The molecule has 1 fully saturated rings. The minimum absolute atomic E-state index is 0. The van der Waals surface area contributed by atoms with Gasteiger partial charge in [-0.2, -0.15) is 4.31 Å². The van der Waals surface area contributed by atoms with Crippen molar-refractivity contribution in [2.75, 3.05) is 26.3 Å². The number of benzene rings is 1. The van der Waals surface area contributed by atoms with Gasteiger partial charge in [0.15, 0.2) is 0 Å². The molecule has 7 heteroatoms. The van der Waals surface area contributed by atoms with E-state index in [1.54, 1.807) is 0 Å². The largest absolute Gasteiger partial charge is 0.380 e. The van der Waals surface area contributed by atoms with E-state index in [4.69, 9.17) is 10.5 Å². The van der Waals surface area contributed by atoms with Crippen molar-refractivity contribution in [3.05, 3.63) is 35.9 Å². The maximum atomic E-state index is 12.7. The van der Waals surface area contributed by atoms with Gasteiger partial charge in [-0.25, -0.2) is 8.42 Å². The Balaban J connectivity index is 0.00000220. The van der Waals surface area contributed by atoms with Crippen molar-refractivity contribution >= 4 is 22.4 Å². The van der Waals surface area contributed by atoms with Crippen LogP contribution in [0.1, 0.15) is 18.4 Å². The highest BCUT2D eigenvalue weighted by Gasteiger charge is 2.33. The smallest absolute Gasteiger partial charge is 0.219 e. The topological polar surface area (TPSA) is 72.6 Å². The minimum Gasteiger partial charge on any atom is -0.380 e. The molecule has 5 nitrogen and oxygen atoms in total. The maximum Gasteiger partial charge on any atom is 0.219 e. The molecule has 21 heavy (non-hydrogen) atoms. The number of hydrogen-bond acceptors (Lipinski definition) is 4. The zero-order valence-electron chi connectivity index (χ0n) is 12.0.